The molecule has 98 valence electrons. The molecule has 0 aliphatic rings. The molecule has 6 heteroatoms. The van der Waals surface area contributed by atoms with Gasteiger partial charge < -0.3 is 9.47 Å². The number of nitro benzene ring substituents is 1. The molecule has 0 unspecified atom stereocenters. The lowest BCUT2D eigenvalue weighted by Crippen LogP contribution is -2.04. The van der Waals surface area contributed by atoms with E-state index in [1.807, 2.05) is 6.92 Å². The van der Waals surface area contributed by atoms with Gasteiger partial charge in [0, 0.05) is 11.6 Å². The molecule has 0 bridgehead atoms. The Labute approximate surface area is 105 Å². The Balaban J connectivity index is 3.36. The third-order valence-corrected chi connectivity index (χ3v) is 2.31. The van der Waals surface area contributed by atoms with Crippen LogP contribution in [0.1, 0.15) is 30.6 Å². The summed E-state index contributed by atoms with van der Waals surface area (Å²) in [6.45, 7) is 3.57. The Morgan fingerprint density at radius 2 is 2.11 bits per heavy atom. The van der Waals surface area contributed by atoms with Gasteiger partial charge in [-0.1, -0.05) is 6.92 Å². The van der Waals surface area contributed by atoms with Crippen LogP contribution >= 0.6 is 0 Å². The average Bonchev–Trinajstić information content (AvgIpc) is 2.34. The van der Waals surface area contributed by atoms with Gasteiger partial charge in [0.25, 0.3) is 0 Å². The molecule has 1 rings (SSSR count). The maximum atomic E-state index is 11.3. The first-order valence-electron chi connectivity index (χ1n) is 5.51. The first kappa shape index (κ1) is 14.0. The van der Waals surface area contributed by atoms with Crippen molar-refractivity contribution in [3.05, 3.63) is 27.8 Å². The van der Waals surface area contributed by atoms with E-state index in [-0.39, 0.29) is 28.5 Å². The molecule has 0 saturated carbocycles. The maximum absolute atomic E-state index is 11.3. The molecule has 1 aromatic carbocycles. The number of ether oxygens (including phenoxy) is 2. The summed E-state index contributed by atoms with van der Waals surface area (Å²) in [6.07, 6.45) is 0.717. The molecule has 6 nitrogen and oxygen atoms in total. The summed E-state index contributed by atoms with van der Waals surface area (Å²) in [5.74, 6) is -0.00404. The third-order valence-electron chi connectivity index (χ3n) is 2.31. The lowest BCUT2D eigenvalue weighted by Gasteiger charge is -2.11. The van der Waals surface area contributed by atoms with Crippen LogP contribution in [-0.2, 0) is 0 Å². The van der Waals surface area contributed by atoms with Gasteiger partial charge in [-0.05, 0) is 19.4 Å². The zero-order valence-corrected chi connectivity index (χ0v) is 10.6. The second-order valence-corrected chi connectivity index (χ2v) is 3.69. The summed E-state index contributed by atoms with van der Waals surface area (Å²) in [6, 6.07) is 2.65. The minimum Gasteiger partial charge on any atom is -0.493 e. The van der Waals surface area contributed by atoms with Crippen molar-refractivity contribution in [3.63, 3.8) is 0 Å². The quantitative estimate of drug-likeness (QED) is 0.442. The van der Waals surface area contributed by atoms with Crippen LogP contribution in [0.2, 0.25) is 0 Å². The summed E-state index contributed by atoms with van der Waals surface area (Å²) in [4.78, 5) is 21.7. The van der Waals surface area contributed by atoms with Crippen LogP contribution in [0.3, 0.4) is 0 Å². The Kier molecular flexibility index (Phi) is 4.65. The number of ketones is 1. The molecule has 0 N–H and O–H groups in total. The smallest absolute Gasteiger partial charge is 0.315 e. The van der Waals surface area contributed by atoms with Crippen LogP contribution in [0.25, 0.3) is 0 Å². The molecule has 0 saturated heterocycles. The molecular formula is C12H15NO5. The van der Waals surface area contributed by atoms with Crippen LogP contribution in [0.4, 0.5) is 5.69 Å². The molecule has 0 heterocycles. The van der Waals surface area contributed by atoms with Gasteiger partial charge in [0.05, 0.1) is 18.6 Å². The average molecular weight is 253 g/mol. The Bertz CT molecular complexity index is 470. The van der Waals surface area contributed by atoms with Gasteiger partial charge in [-0.2, -0.15) is 0 Å². The fourth-order valence-electron chi connectivity index (χ4n) is 1.43. The zero-order chi connectivity index (χ0) is 13.7. The van der Waals surface area contributed by atoms with Crippen molar-refractivity contribution in [1.29, 1.82) is 0 Å². The van der Waals surface area contributed by atoms with Gasteiger partial charge in [-0.15, -0.1) is 0 Å². The molecule has 1 aromatic rings. The van der Waals surface area contributed by atoms with E-state index in [4.69, 9.17) is 9.47 Å². The maximum Gasteiger partial charge on any atom is 0.315 e. The summed E-state index contributed by atoms with van der Waals surface area (Å²) in [5.41, 5.74) is -0.0320. The predicted octanol–water partition coefficient (Wildman–Crippen LogP) is 2.59. The third kappa shape index (κ3) is 2.97. The summed E-state index contributed by atoms with van der Waals surface area (Å²) >= 11 is 0. The fraction of sp³-hybridized carbons (Fsp3) is 0.417. The number of Topliss-reactive ketones (excluding diaryl/α,β-unsaturated/α-hetero) is 1. The zero-order valence-electron chi connectivity index (χ0n) is 10.6. The molecule has 0 aliphatic heterocycles. The Morgan fingerprint density at radius 1 is 1.44 bits per heavy atom. The van der Waals surface area contributed by atoms with Gasteiger partial charge in [-0.25, -0.2) is 0 Å². The van der Waals surface area contributed by atoms with Gasteiger partial charge >= 0.3 is 5.69 Å². The Hall–Kier alpha value is -2.11. The van der Waals surface area contributed by atoms with Crippen LogP contribution in [0.15, 0.2) is 12.1 Å². The number of benzene rings is 1. The standard InChI is InChI=1S/C12H15NO5/c1-4-5-18-12-10(13(15)16)6-9(8(2)14)7-11(12)17-3/h6-7H,4-5H2,1-3H3. The second kappa shape index (κ2) is 6.00. The van der Waals surface area contributed by atoms with Crippen molar-refractivity contribution in [1.82, 2.24) is 0 Å². The van der Waals surface area contributed by atoms with Crippen molar-refractivity contribution >= 4 is 11.5 Å². The number of hydrogen-bond donors (Lipinski definition) is 0. The van der Waals surface area contributed by atoms with Gasteiger partial charge in [-0.3, -0.25) is 14.9 Å². The minimum atomic E-state index is -0.583. The van der Waals surface area contributed by atoms with Crippen LogP contribution in [-0.4, -0.2) is 24.4 Å². The lowest BCUT2D eigenvalue weighted by molar-refractivity contribution is -0.386. The SMILES string of the molecule is CCCOc1c(OC)cc(C(C)=O)cc1[N+](=O)[O-]. The van der Waals surface area contributed by atoms with E-state index in [1.54, 1.807) is 0 Å². The van der Waals surface area contributed by atoms with Crippen LogP contribution in [0, 0.1) is 10.1 Å². The number of nitro groups is 1. The molecule has 0 aliphatic carbocycles. The van der Waals surface area contributed by atoms with E-state index < -0.39 is 4.92 Å². The van der Waals surface area contributed by atoms with E-state index in [1.165, 1.54) is 26.2 Å². The molecular weight excluding hydrogens is 238 g/mol. The predicted molar refractivity (Wildman–Crippen MR) is 65.4 cm³/mol. The first-order chi connectivity index (χ1) is 8.51. The van der Waals surface area contributed by atoms with Crippen molar-refractivity contribution in [2.45, 2.75) is 20.3 Å². The van der Waals surface area contributed by atoms with Crippen molar-refractivity contribution in [2.24, 2.45) is 0 Å². The fourth-order valence-corrected chi connectivity index (χ4v) is 1.43. The van der Waals surface area contributed by atoms with Crippen molar-refractivity contribution in [3.8, 4) is 11.5 Å². The molecule has 0 amide bonds. The highest BCUT2D eigenvalue weighted by molar-refractivity contribution is 5.95. The van der Waals surface area contributed by atoms with E-state index in [0.29, 0.717) is 6.61 Å². The van der Waals surface area contributed by atoms with Crippen LogP contribution in [0.5, 0.6) is 11.5 Å². The molecule has 18 heavy (non-hydrogen) atoms. The number of rotatable bonds is 6. The monoisotopic (exact) mass is 253 g/mol. The van der Waals surface area contributed by atoms with E-state index in [2.05, 4.69) is 0 Å². The topological polar surface area (TPSA) is 78.7 Å². The number of nitrogens with zero attached hydrogens (tertiary/aromatic N) is 1. The van der Waals surface area contributed by atoms with Gasteiger partial charge in [0.1, 0.15) is 0 Å². The molecule has 0 radical (unpaired) electrons. The summed E-state index contributed by atoms with van der Waals surface area (Å²) < 4.78 is 10.4. The largest absolute Gasteiger partial charge is 0.493 e. The number of methoxy groups -OCH3 is 1. The number of hydrogen-bond acceptors (Lipinski definition) is 5. The Morgan fingerprint density at radius 3 is 2.56 bits per heavy atom. The van der Waals surface area contributed by atoms with Gasteiger partial charge in [0.2, 0.25) is 5.75 Å². The highest BCUT2D eigenvalue weighted by atomic mass is 16.6. The molecule has 0 atom stereocenters. The highest BCUT2D eigenvalue weighted by Crippen LogP contribution is 2.38. The number of carbonyl (C=O) groups excluding carboxylic acids is 1. The van der Waals surface area contributed by atoms with Gasteiger partial charge in [0.15, 0.2) is 11.5 Å². The first-order valence-corrected chi connectivity index (χ1v) is 5.51. The van der Waals surface area contributed by atoms with Crippen LogP contribution < -0.4 is 9.47 Å². The lowest BCUT2D eigenvalue weighted by atomic mass is 10.1. The minimum absolute atomic E-state index is 0.0642. The normalized spacial score (nSPS) is 9.94. The van der Waals surface area contributed by atoms with E-state index in [0.717, 1.165) is 6.42 Å². The van der Waals surface area contributed by atoms with E-state index >= 15 is 0 Å². The second-order valence-electron chi connectivity index (χ2n) is 3.69. The van der Waals surface area contributed by atoms with Crippen molar-refractivity contribution < 1.29 is 19.2 Å². The molecule has 0 fully saturated rings. The molecule has 0 aromatic heterocycles. The van der Waals surface area contributed by atoms with E-state index in [9.17, 15) is 14.9 Å². The number of carbonyl (C=O) groups is 1. The summed E-state index contributed by atoms with van der Waals surface area (Å²) in [5, 5.41) is 11.0. The summed E-state index contributed by atoms with van der Waals surface area (Å²) in [7, 11) is 1.38. The highest BCUT2D eigenvalue weighted by Gasteiger charge is 2.23. The molecule has 0 spiro atoms. The van der Waals surface area contributed by atoms with Crippen molar-refractivity contribution in [2.75, 3.05) is 13.7 Å².